The van der Waals surface area contributed by atoms with Gasteiger partial charge in [-0.1, -0.05) is 17.7 Å². The maximum Gasteiger partial charge on any atom is 0.101 e. The molecule has 0 saturated carbocycles. The van der Waals surface area contributed by atoms with Gasteiger partial charge in [0.05, 0.1) is 11.3 Å². The number of nitrogens with zero attached hydrogens (tertiary/aromatic N) is 1. The molecule has 0 aliphatic rings. The lowest BCUT2D eigenvalue weighted by Crippen LogP contribution is -2.12. The Morgan fingerprint density at radius 2 is 2.36 bits per heavy atom. The van der Waals surface area contributed by atoms with Crippen LogP contribution in [0.1, 0.15) is 12.5 Å². The highest BCUT2D eigenvalue weighted by molar-refractivity contribution is 6.30. The van der Waals surface area contributed by atoms with Gasteiger partial charge in [-0.15, -0.1) is 6.58 Å². The monoisotopic (exact) mass is 206 g/mol. The zero-order valence-corrected chi connectivity index (χ0v) is 8.67. The van der Waals surface area contributed by atoms with Gasteiger partial charge in [0.1, 0.15) is 6.07 Å². The highest BCUT2D eigenvalue weighted by Crippen LogP contribution is 2.20. The van der Waals surface area contributed by atoms with Crippen LogP contribution in [0.3, 0.4) is 0 Å². The molecule has 72 valence electrons. The Labute approximate surface area is 88.8 Å². The molecule has 0 aliphatic heterocycles. The Hall–Kier alpha value is -1.46. The molecule has 1 N–H and O–H groups in total. The molecule has 0 saturated heterocycles. The van der Waals surface area contributed by atoms with E-state index in [-0.39, 0.29) is 6.04 Å². The van der Waals surface area contributed by atoms with Gasteiger partial charge in [0.2, 0.25) is 0 Å². The van der Waals surface area contributed by atoms with Crippen LogP contribution in [-0.2, 0) is 0 Å². The molecule has 1 aromatic carbocycles. The Bertz CT molecular complexity index is 379. The first kappa shape index (κ1) is 10.6. The van der Waals surface area contributed by atoms with E-state index in [1.807, 2.05) is 6.92 Å². The molecule has 0 radical (unpaired) electrons. The second-order valence-electron chi connectivity index (χ2n) is 2.97. The molecule has 0 heterocycles. The lowest BCUT2D eigenvalue weighted by Gasteiger charge is -2.12. The first-order valence-electron chi connectivity index (χ1n) is 4.26. The maximum atomic E-state index is 8.85. The Kier molecular flexibility index (Phi) is 3.55. The second kappa shape index (κ2) is 4.69. The average Bonchev–Trinajstić information content (AvgIpc) is 2.20. The molecule has 1 unspecified atom stereocenters. The molecule has 0 fully saturated rings. The van der Waals surface area contributed by atoms with Crippen LogP contribution >= 0.6 is 11.6 Å². The smallest absolute Gasteiger partial charge is 0.101 e. The van der Waals surface area contributed by atoms with E-state index in [9.17, 15) is 0 Å². The molecule has 14 heavy (non-hydrogen) atoms. The molecule has 2 nitrogen and oxygen atoms in total. The molecule has 1 atom stereocenters. The summed E-state index contributed by atoms with van der Waals surface area (Å²) < 4.78 is 0. The van der Waals surface area contributed by atoms with Gasteiger partial charge < -0.3 is 5.32 Å². The van der Waals surface area contributed by atoms with E-state index in [0.717, 1.165) is 5.69 Å². The van der Waals surface area contributed by atoms with Crippen molar-refractivity contribution in [3.05, 3.63) is 41.4 Å². The van der Waals surface area contributed by atoms with E-state index in [1.54, 1.807) is 24.3 Å². The van der Waals surface area contributed by atoms with Gasteiger partial charge in [0.25, 0.3) is 0 Å². The molecule has 1 rings (SSSR count). The van der Waals surface area contributed by atoms with Crippen molar-refractivity contribution in [1.82, 2.24) is 0 Å². The third-order valence-corrected chi connectivity index (χ3v) is 2.07. The van der Waals surface area contributed by atoms with E-state index in [0.29, 0.717) is 10.6 Å². The largest absolute Gasteiger partial charge is 0.378 e. The minimum absolute atomic E-state index is 0.128. The van der Waals surface area contributed by atoms with Gasteiger partial charge >= 0.3 is 0 Å². The summed E-state index contributed by atoms with van der Waals surface area (Å²) in [7, 11) is 0. The number of hydrogen-bond donors (Lipinski definition) is 1. The van der Waals surface area contributed by atoms with Crippen molar-refractivity contribution in [2.45, 2.75) is 13.0 Å². The minimum atomic E-state index is 0.128. The SMILES string of the molecule is C=CC(C)Nc1ccc(Cl)cc1C#N. The molecule has 0 aromatic heterocycles. The van der Waals surface area contributed by atoms with Gasteiger partial charge in [0.15, 0.2) is 0 Å². The summed E-state index contributed by atoms with van der Waals surface area (Å²) in [5.41, 5.74) is 1.33. The van der Waals surface area contributed by atoms with Crippen LogP contribution in [0, 0.1) is 11.3 Å². The lowest BCUT2D eigenvalue weighted by atomic mass is 10.2. The fourth-order valence-electron chi connectivity index (χ4n) is 1.04. The number of benzene rings is 1. The van der Waals surface area contributed by atoms with Crippen LogP contribution in [0.25, 0.3) is 0 Å². The molecule has 0 aliphatic carbocycles. The maximum absolute atomic E-state index is 8.85. The van der Waals surface area contributed by atoms with Crippen molar-refractivity contribution in [2.75, 3.05) is 5.32 Å². The van der Waals surface area contributed by atoms with Crippen LogP contribution in [0.2, 0.25) is 5.02 Å². The highest BCUT2D eigenvalue weighted by atomic mass is 35.5. The first-order valence-corrected chi connectivity index (χ1v) is 4.64. The predicted octanol–water partition coefficient (Wildman–Crippen LogP) is 3.20. The van der Waals surface area contributed by atoms with Gasteiger partial charge in [0, 0.05) is 11.1 Å². The first-order chi connectivity index (χ1) is 6.67. The molecule has 0 spiro atoms. The van der Waals surface area contributed by atoms with Gasteiger partial charge in [-0.25, -0.2) is 0 Å². The van der Waals surface area contributed by atoms with Gasteiger partial charge in [-0.05, 0) is 25.1 Å². The van der Waals surface area contributed by atoms with E-state index in [4.69, 9.17) is 16.9 Å². The molecule has 0 amide bonds. The van der Waals surface area contributed by atoms with E-state index in [2.05, 4.69) is 18.0 Å². The Morgan fingerprint density at radius 3 is 2.93 bits per heavy atom. The fourth-order valence-corrected chi connectivity index (χ4v) is 1.21. The number of hydrogen-bond acceptors (Lipinski definition) is 2. The van der Waals surface area contributed by atoms with Gasteiger partial charge in [-0.2, -0.15) is 5.26 Å². The van der Waals surface area contributed by atoms with Crippen molar-refractivity contribution in [3.8, 4) is 6.07 Å². The summed E-state index contributed by atoms with van der Waals surface area (Å²) in [6.07, 6.45) is 1.77. The van der Waals surface area contributed by atoms with Crippen LogP contribution in [0.4, 0.5) is 5.69 Å². The van der Waals surface area contributed by atoms with Crippen LogP contribution < -0.4 is 5.32 Å². The normalized spacial score (nSPS) is 11.5. The average molecular weight is 207 g/mol. The predicted molar refractivity (Wildman–Crippen MR) is 59.4 cm³/mol. The number of nitriles is 1. The molecular weight excluding hydrogens is 196 g/mol. The number of halogens is 1. The van der Waals surface area contributed by atoms with Crippen molar-refractivity contribution in [1.29, 1.82) is 5.26 Å². The quantitative estimate of drug-likeness (QED) is 0.771. The zero-order chi connectivity index (χ0) is 10.6. The summed E-state index contributed by atoms with van der Waals surface area (Å²) in [5, 5.41) is 12.6. The highest BCUT2D eigenvalue weighted by Gasteiger charge is 2.03. The summed E-state index contributed by atoms with van der Waals surface area (Å²) in [4.78, 5) is 0. The van der Waals surface area contributed by atoms with Gasteiger partial charge in [-0.3, -0.25) is 0 Å². The van der Waals surface area contributed by atoms with Crippen molar-refractivity contribution in [3.63, 3.8) is 0 Å². The fraction of sp³-hybridized carbons (Fsp3) is 0.182. The summed E-state index contributed by atoms with van der Waals surface area (Å²) in [6, 6.07) is 7.39. The van der Waals surface area contributed by atoms with Crippen molar-refractivity contribution < 1.29 is 0 Å². The standard InChI is InChI=1S/C11H11ClN2/c1-3-8(2)14-11-5-4-10(12)6-9(11)7-13/h3-6,8,14H,1H2,2H3. The van der Waals surface area contributed by atoms with Crippen molar-refractivity contribution in [2.24, 2.45) is 0 Å². The van der Waals surface area contributed by atoms with E-state index < -0.39 is 0 Å². The van der Waals surface area contributed by atoms with E-state index in [1.165, 1.54) is 0 Å². The minimum Gasteiger partial charge on any atom is -0.378 e. The second-order valence-corrected chi connectivity index (χ2v) is 3.41. The number of rotatable bonds is 3. The molecule has 1 aromatic rings. The molecule has 0 bridgehead atoms. The molecule has 3 heteroatoms. The molecular formula is C11H11ClN2. The third-order valence-electron chi connectivity index (χ3n) is 1.84. The Balaban J connectivity index is 2.98. The summed E-state index contributed by atoms with van der Waals surface area (Å²) >= 11 is 5.77. The number of anilines is 1. The number of nitrogens with one attached hydrogen (secondary N) is 1. The van der Waals surface area contributed by atoms with E-state index >= 15 is 0 Å². The van der Waals surface area contributed by atoms with Crippen LogP contribution in [0.15, 0.2) is 30.9 Å². The van der Waals surface area contributed by atoms with Crippen LogP contribution in [-0.4, -0.2) is 6.04 Å². The summed E-state index contributed by atoms with van der Waals surface area (Å²) in [6.45, 7) is 5.62. The zero-order valence-electron chi connectivity index (χ0n) is 7.92. The Morgan fingerprint density at radius 1 is 1.64 bits per heavy atom. The lowest BCUT2D eigenvalue weighted by molar-refractivity contribution is 1.00. The van der Waals surface area contributed by atoms with Crippen molar-refractivity contribution >= 4 is 17.3 Å². The third kappa shape index (κ3) is 2.51. The summed E-state index contributed by atoms with van der Waals surface area (Å²) in [5.74, 6) is 0. The van der Waals surface area contributed by atoms with Crippen LogP contribution in [0.5, 0.6) is 0 Å². The topological polar surface area (TPSA) is 35.8 Å².